The highest BCUT2D eigenvalue weighted by atomic mass is 16.5. The minimum absolute atomic E-state index is 0.476. The maximum atomic E-state index is 5.50. The monoisotopic (exact) mass is 143 g/mol. The fourth-order valence-corrected chi connectivity index (χ4v) is 1.76. The SMILES string of the molecule is COCC1(CCN)CCC1. The van der Waals surface area contributed by atoms with Gasteiger partial charge in [-0.2, -0.15) is 0 Å². The molecule has 0 saturated heterocycles. The van der Waals surface area contributed by atoms with Crippen molar-refractivity contribution in [3.05, 3.63) is 0 Å². The minimum atomic E-state index is 0.476. The van der Waals surface area contributed by atoms with Gasteiger partial charge >= 0.3 is 0 Å². The molecule has 2 N–H and O–H groups in total. The van der Waals surface area contributed by atoms with Gasteiger partial charge in [0.15, 0.2) is 0 Å². The summed E-state index contributed by atoms with van der Waals surface area (Å²) < 4.78 is 5.15. The lowest BCUT2D eigenvalue weighted by atomic mass is 9.67. The highest BCUT2D eigenvalue weighted by Gasteiger charge is 2.35. The van der Waals surface area contributed by atoms with Crippen molar-refractivity contribution in [3.63, 3.8) is 0 Å². The Morgan fingerprint density at radius 2 is 2.20 bits per heavy atom. The molecule has 1 fully saturated rings. The Hall–Kier alpha value is -0.0800. The third-order valence-electron chi connectivity index (χ3n) is 2.54. The van der Waals surface area contributed by atoms with Crippen molar-refractivity contribution in [2.75, 3.05) is 20.3 Å². The summed E-state index contributed by atoms with van der Waals surface area (Å²) in [6.07, 6.45) is 5.14. The number of ether oxygens (including phenoxy) is 1. The molecule has 10 heavy (non-hydrogen) atoms. The van der Waals surface area contributed by atoms with Gasteiger partial charge in [0.25, 0.3) is 0 Å². The van der Waals surface area contributed by atoms with Gasteiger partial charge in [0.2, 0.25) is 0 Å². The van der Waals surface area contributed by atoms with Crippen LogP contribution in [0.15, 0.2) is 0 Å². The first-order valence-corrected chi connectivity index (χ1v) is 4.02. The van der Waals surface area contributed by atoms with E-state index in [1.807, 2.05) is 0 Å². The van der Waals surface area contributed by atoms with Crippen LogP contribution in [0.5, 0.6) is 0 Å². The van der Waals surface area contributed by atoms with E-state index in [9.17, 15) is 0 Å². The molecule has 0 aromatic heterocycles. The molecule has 0 unspecified atom stereocenters. The Kier molecular flexibility index (Phi) is 2.69. The molecular weight excluding hydrogens is 126 g/mol. The Bertz CT molecular complexity index is 91.4. The molecule has 1 rings (SSSR count). The highest BCUT2D eigenvalue weighted by molar-refractivity contribution is 4.87. The summed E-state index contributed by atoms with van der Waals surface area (Å²) in [6, 6.07) is 0. The normalized spacial score (nSPS) is 22.2. The van der Waals surface area contributed by atoms with Crippen molar-refractivity contribution >= 4 is 0 Å². The Balaban J connectivity index is 2.27. The van der Waals surface area contributed by atoms with Gasteiger partial charge in [-0.15, -0.1) is 0 Å². The average molecular weight is 143 g/mol. The maximum absolute atomic E-state index is 5.50. The molecule has 1 aliphatic rings. The molecule has 0 atom stereocenters. The van der Waals surface area contributed by atoms with E-state index in [1.165, 1.54) is 19.3 Å². The molecule has 0 bridgehead atoms. The van der Waals surface area contributed by atoms with Crippen LogP contribution in [-0.4, -0.2) is 20.3 Å². The molecule has 60 valence electrons. The zero-order valence-corrected chi connectivity index (χ0v) is 6.73. The fourth-order valence-electron chi connectivity index (χ4n) is 1.76. The number of nitrogens with two attached hydrogens (primary N) is 1. The Morgan fingerprint density at radius 1 is 1.50 bits per heavy atom. The van der Waals surface area contributed by atoms with Gasteiger partial charge in [-0.05, 0) is 31.2 Å². The lowest BCUT2D eigenvalue weighted by molar-refractivity contribution is 0.0125. The number of rotatable bonds is 4. The van der Waals surface area contributed by atoms with E-state index in [0.29, 0.717) is 5.41 Å². The minimum Gasteiger partial charge on any atom is -0.384 e. The number of hydrogen-bond donors (Lipinski definition) is 1. The van der Waals surface area contributed by atoms with E-state index >= 15 is 0 Å². The molecule has 0 amide bonds. The molecular formula is C8H17NO. The van der Waals surface area contributed by atoms with E-state index < -0.39 is 0 Å². The quantitative estimate of drug-likeness (QED) is 0.640. The van der Waals surface area contributed by atoms with Crippen LogP contribution in [0.2, 0.25) is 0 Å². The van der Waals surface area contributed by atoms with E-state index in [2.05, 4.69) is 0 Å². The molecule has 2 heteroatoms. The second kappa shape index (κ2) is 3.35. The molecule has 2 nitrogen and oxygen atoms in total. The van der Waals surface area contributed by atoms with Gasteiger partial charge in [0.05, 0.1) is 6.61 Å². The van der Waals surface area contributed by atoms with Gasteiger partial charge in [-0.3, -0.25) is 0 Å². The molecule has 0 heterocycles. The standard InChI is InChI=1S/C8H17NO/c1-10-7-8(5-6-9)3-2-4-8/h2-7,9H2,1H3. The first-order valence-electron chi connectivity index (χ1n) is 4.02. The molecule has 1 aliphatic carbocycles. The molecule has 1 saturated carbocycles. The molecule has 0 radical (unpaired) electrons. The first kappa shape index (κ1) is 8.02. The predicted molar refractivity (Wildman–Crippen MR) is 41.8 cm³/mol. The topological polar surface area (TPSA) is 35.2 Å². The average Bonchev–Trinajstić information content (AvgIpc) is 1.84. The second-order valence-electron chi connectivity index (χ2n) is 3.33. The zero-order valence-electron chi connectivity index (χ0n) is 6.73. The van der Waals surface area contributed by atoms with Crippen LogP contribution in [0.4, 0.5) is 0 Å². The van der Waals surface area contributed by atoms with Gasteiger partial charge < -0.3 is 10.5 Å². The van der Waals surface area contributed by atoms with Crippen molar-refractivity contribution in [2.45, 2.75) is 25.7 Å². The van der Waals surface area contributed by atoms with Crippen molar-refractivity contribution in [1.82, 2.24) is 0 Å². The first-order chi connectivity index (χ1) is 4.83. The van der Waals surface area contributed by atoms with Crippen LogP contribution in [0.25, 0.3) is 0 Å². The summed E-state index contributed by atoms with van der Waals surface area (Å²) in [5.74, 6) is 0. The number of methoxy groups -OCH3 is 1. The van der Waals surface area contributed by atoms with Gasteiger partial charge in [0.1, 0.15) is 0 Å². The van der Waals surface area contributed by atoms with Crippen LogP contribution >= 0.6 is 0 Å². The Morgan fingerprint density at radius 3 is 2.50 bits per heavy atom. The van der Waals surface area contributed by atoms with Crippen molar-refractivity contribution in [2.24, 2.45) is 11.1 Å². The zero-order chi connectivity index (χ0) is 7.45. The molecule has 0 aliphatic heterocycles. The summed E-state index contributed by atoms with van der Waals surface area (Å²) in [5, 5.41) is 0. The van der Waals surface area contributed by atoms with E-state index in [0.717, 1.165) is 19.6 Å². The van der Waals surface area contributed by atoms with Crippen molar-refractivity contribution in [3.8, 4) is 0 Å². The highest BCUT2D eigenvalue weighted by Crippen LogP contribution is 2.43. The molecule has 0 aromatic carbocycles. The lowest BCUT2D eigenvalue weighted by Crippen LogP contribution is -2.36. The maximum Gasteiger partial charge on any atom is 0.0519 e. The molecule has 0 spiro atoms. The van der Waals surface area contributed by atoms with Gasteiger partial charge in [-0.1, -0.05) is 6.42 Å². The summed E-state index contributed by atoms with van der Waals surface area (Å²) in [7, 11) is 1.77. The summed E-state index contributed by atoms with van der Waals surface area (Å²) >= 11 is 0. The van der Waals surface area contributed by atoms with Crippen LogP contribution in [0.3, 0.4) is 0 Å². The van der Waals surface area contributed by atoms with Gasteiger partial charge in [0, 0.05) is 7.11 Å². The lowest BCUT2D eigenvalue weighted by Gasteiger charge is -2.41. The van der Waals surface area contributed by atoms with Crippen LogP contribution in [-0.2, 0) is 4.74 Å². The molecule has 0 aromatic rings. The predicted octanol–water partition coefficient (Wildman–Crippen LogP) is 1.15. The second-order valence-corrected chi connectivity index (χ2v) is 3.33. The Labute approximate surface area is 62.7 Å². The van der Waals surface area contributed by atoms with Crippen LogP contribution in [0, 0.1) is 5.41 Å². The van der Waals surface area contributed by atoms with E-state index in [1.54, 1.807) is 7.11 Å². The smallest absolute Gasteiger partial charge is 0.0519 e. The van der Waals surface area contributed by atoms with Gasteiger partial charge in [-0.25, -0.2) is 0 Å². The van der Waals surface area contributed by atoms with Crippen molar-refractivity contribution < 1.29 is 4.74 Å². The third kappa shape index (κ3) is 1.50. The summed E-state index contributed by atoms with van der Waals surface area (Å²) in [5.41, 5.74) is 5.97. The largest absolute Gasteiger partial charge is 0.384 e. The third-order valence-corrected chi connectivity index (χ3v) is 2.54. The summed E-state index contributed by atoms with van der Waals surface area (Å²) in [6.45, 7) is 1.72. The van der Waals surface area contributed by atoms with Crippen LogP contribution < -0.4 is 5.73 Å². The summed E-state index contributed by atoms with van der Waals surface area (Å²) in [4.78, 5) is 0. The van der Waals surface area contributed by atoms with E-state index in [-0.39, 0.29) is 0 Å². The van der Waals surface area contributed by atoms with Crippen LogP contribution in [0.1, 0.15) is 25.7 Å². The fraction of sp³-hybridized carbons (Fsp3) is 1.00. The van der Waals surface area contributed by atoms with Crippen molar-refractivity contribution in [1.29, 1.82) is 0 Å². The number of hydrogen-bond acceptors (Lipinski definition) is 2. The van der Waals surface area contributed by atoms with E-state index in [4.69, 9.17) is 10.5 Å².